The molecule has 0 saturated carbocycles. The van der Waals surface area contributed by atoms with Crippen LogP contribution in [0.15, 0.2) is 24.3 Å². The minimum absolute atomic E-state index is 0. The summed E-state index contributed by atoms with van der Waals surface area (Å²) < 4.78 is 0. The maximum Gasteiger partial charge on any atom is 0.115 e. The molecule has 0 heterocycles. The topological polar surface area (TPSA) is 20.2 Å². The first-order valence-electron chi connectivity index (χ1n) is 4.11. The second kappa shape index (κ2) is 6.25. The van der Waals surface area contributed by atoms with Crippen LogP contribution < -0.4 is 0 Å². The number of hydrogen-bond donors (Lipinski definition) is 1. The molecular formula is C10H14OW. The van der Waals surface area contributed by atoms with E-state index < -0.39 is 0 Å². The Bertz CT molecular complexity index is 206. The van der Waals surface area contributed by atoms with Crippen LogP contribution in [0.5, 0.6) is 5.75 Å². The Morgan fingerprint density at radius 3 is 2.25 bits per heavy atom. The van der Waals surface area contributed by atoms with Gasteiger partial charge in [0.25, 0.3) is 0 Å². The Hall–Kier alpha value is -0.292. The molecule has 1 rings (SSSR count). The predicted octanol–water partition coefficient (Wildman–Crippen LogP) is 2.73. The molecule has 0 amide bonds. The van der Waals surface area contributed by atoms with Crippen LogP contribution in [0.25, 0.3) is 0 Å². The number of aromatic hydroxyl groups is 1. The van der Waals surface area contributed by atoms with E-state index in [1.807, 2.05) is 12.1 Å². The van der Waals surface area contributed by atoms with E-state index in [1.165, 1.54) is 18.4 Å². The van der Waals surface area contributed by atoms with Crippen molar-refractivity contribution < 1.29 is 26.2 Å². The molecule has 1 N–H and O–H groups in total. The summed E-state index contributed by atoms with van der Waals surface area (Å²) in [6.45, 7) is 2.18. The number of aryl methyl sites for hydroxylation is 1. The van der Waals surface area contributed by atoms with Gasteiger partial charge >= 0.3 is 0 Å². The summed E-state index contributed by atoms with van der Waals surface area (Å²) in [5, 5.41) is 8.98. The van der Waals surface area contributed by atoms with Gasteiger partial charge in [0.1, 0.15) is 5.75 Å². The van der Waals surface area contributed by atoms with Gasteiger partial charge in [0.2, 0.25) is 0 Å². The van der Waals surface area contributed by atoms with Gasteiger partial charge in [0, 0.05) is 21.1 Å². The Labute approximate surface area is 88.1 Å². The van der Waals surface area contributed by atoms with Crippen molar-refractivity contribution >= 4 is 0 Å². The van der Waals surface area contributed by atoms with Crippen molar-refractivity contribution in [1.82, 2.24) is 0 Å². The second-order valence-electron chi connectivity index (χ2n) is 2.77. The zero-order chi connectivity index (χ0) is 8.10. The first-order valence-corrected chi connectivity index (χ1v) is 4.11. The molecule has 66 valence electrons. The summed E-state index contributed by atoms with van der Waals surface area (Å²) in [5.41, 5.74) is 1.31. The van der Waals surface area contributed by atoms with E-state index in [2.05, 4.69) is 6.92 Å². The molecule has 0 aliphatic carbocycles. The average molecular weight is 334 g/mol. The predicted molar refractivity (Wildman–Crippen MR) is 46.7 cm³/mol. The summed E-state index contributed by atoms with van der Waals surface area (Å²) in [7, 11) is 0. The van der Waals surface area contributed by atoms with E-state index in [1.54, 1.807) is 12.1 Å². The standard InChI is InChI=1S/C10H14O.W/c1-2-3-4-9-5-7-10(11)8-6-9;/h5-8,11H,2-4H2,1H3;. The van der Waals surface area contributed by atoms with Crippen molar-refractivity contribution in [3.8, 4) is 5.75 Å². The number of phenols is 1. The van der Waals surface area contributed by atoms with Gasteiger partial charge in [-0.25, -0.2) is 0 Å². The molecule has 0 bridgehead atoms. The third-order valence-corrected chi connectivity index (χ3v) is 1.76. The molecule has 2 heteroatoms. The van der Waals surface area contributed by atoms with Crippen molar-refractivity contribution in [3.05, 3.63) is 29.8 Å². The van der Waals surface area contributed by atoms with Crippen LogP contribution in [0.3, 0.4) is 0 Å². The van der Waals surface area contributed by atoms with E-state index in [4.69, 9.17) is 5.11 Å². The monoisotopic (exact) mass is 334 g/mol. The van der Waals surface area contributed by atoms with Crippen molar-refractivity contribution in [2.24, 2.45) is 0 Å². The first kappa shape index (κ1) is 11.7. The van der Waals surface area contributed by atoms with Crippen LogP contribution in [0, 0.1) is 0 Å². The molecule has 12 heavy (non-hydrogen) atoms. The van der Waals surface area contributed by atoms with Crippen LogP contribution in [-0.2, 0) is 27.5 Å². The van der Waals surface area contributed by atoms with Crippen LogP contribution in [0.4, 0.5) is 0 Å². The van der Waals surface area contributed by atoms with Crippen molar-refractivity contribution in [1.29, 1.82) is 0 Å². The Morgan fingerprint density at radius 2 is 1.75 bits per heavy atom. The van der Waals surface area contributed by atoms with Gasteiger partial charge < -0.3 is 5.11 Å². The van der Waals surface area contributed by atoms with Gasteiger partial charge in [-0.2, -0.15) is 0 Å². The Kier molecular flexibility index (Phi) is 6.10. The van der Waals surface area contributed by atoms with Crippen LogP contribution in [-0.4, -0.2) is 5.11 Å². The van der Waals surface area contributed by atoms with E-state index in [0.29, 0.717) is 5.75 Å². The third-order valence-electron chi connectivity index (χ3n) is 1.76. The van der Waals surface area contributed by atoms with Gasteiger partial charge in [-0.3, -0.25) is 0 Å². The molecule has 0 saturated heterocycles. The smallest absolute Gasteiger partial charge is 0.115 e. The number of unbranched alkanes of at least 4 members (excludes halogenated alkanes) is 1. The van der Waals surface area contributed by atoms with Crippen molar-refractivity contribution in [3.63, 3.8) is 0 Å². The fourth-order valence-electron chi connectivity index (χ4n) is 1.04. The summed E-state index contributed by atoms with van der Waals surface area (Å²) in [4.78, 5) is 0. The summed E-state index contributed by atoms with van der Waals surface area (Å²) in [5.74, 6) is 0.352. The summed E-state index contributed by atoms with van der Waals surface area (Å²) in [6, 6.07) is 7.44. The minimum atomic E-state index is 0. The van der Waals surface area contributed by atoms with Crippen LogP contribution >= 0.6 is 0 Å². The van der Waals surface area contributed by atoms with E-state index in [-0.39, 0.29) is 21.1 Å². The van der Waals surface area contributed by atoms with Crippen molar-refractivity contribution in [2.75, 3.05) is 0 Å². The first-order chi connectivity index (χ1) is 5.33. The molecule has 1 aromatic carbocycles. The number of phenolic OH excluding ortho intramolecular Hbond substituents is 1. The molecule has 0 aliphatic rings. The van der Waals surface area contributed by atoms with Gasteiger partial charge in [-0.15, -0.1) is 0 Å². The molecule has 0 atom stereocenters. The zero-order valence-corrected chi connectivity index (χ0v) is 10.2. The second-order valence-corrected chi connectivity index (χ2v) is 2.77. The minimum Gasteiger partial charge on any atom is -0.508 e. The van der Waals surface area contributed by atoms with Gasteiger partial charge in [0.05, 0.1) is 0 Å². The Balaban J connectivity index is 0.00000121. The van der Waals surface area contributed by atoms with Gasteiger partial charge in [-0.05, 0) is 30.5 Å². The normalized spacial score (nSPS) is 9.08. The van der Waals surface area contributed by atoms with Gasteiger partial charge in [0.15, 0.2) is 0 Å². The fraction of sp³-hybridized carbons (Fsp3) is 0.400. The van der Waals surface area contributed by atoms with Crippen molar-refractivity contribution in [2.45, 2.75) is 26.2 Å². The number of hydrogen-bond acceptors (Lipinski definition) is 1. The SMILES string of the molecule is CCCCc1ccc(O)cc1.[W]. The maximum atomic E-state index is 8.98. The number of benzene rings is 1. The molecular weight excluding hydrogens is 320 g/mol. The molecule has 0 aliphatic heterocycles. The molecule has 0 unspecified atom stereocenters. The number of rotatable bonds is 3. The van der Waals surface area contributed by atoms with Crippen LogP contribution in [0.1, 0.15) is 25.3 Å². The molecule has 0 spiro atoms. The molecule has 0 radical (unpaired) electrons. The quantitative estimate of drug-likeness (QED) is 0.901. The molecule has 1 nitrogen and oxygen atoms in total. The molecule has 0 fully saturated rings. The van der Waals surface area contributed by atoms with E-state index in [0.717, 1.165) is 6.42 Å². The fourth-order valence-corrected chi connectivity index (χ4v) is 1.04. The summed E-state index contributed by atoms with van der Waals surface area (Å²) in [6.07, 6.45) is 3.57. The third kappa shape index (κ3) is 3.92. The molecule has 0 aromatic heterocycles. The summed E-state index contributed by atoms with van der Waals surface area (Å²) >= 11 is 0. The molecule has 1 aromatic rings. The zero-order valence-electron chi connectivity index (χ0n) is 7.29. The van der Waals surface area contributed by atoms with Gasteiger partial charge in [-0.1, -0.05) is 25.5 Å². The van der Waals surface area contributed by atoms with E-state index in [9.17, 15) is 0 Å². The maximum absolute atomic E-state index is 8.98. The Morgan fingerprint density at radius 1 is 1.17 bits per heavy atom. The largest absolute Gasteiger partial charge is 0.508 e. The average Bonchev–Trinajstić information content (AvgIpc) is 2.04. The van der Waals surface area contributed by atoms with E-state index >= 15 is 0 Å². The van der Waals surface area contributed by atoms with Crippen LogP contribution in [0.2, 0.25) is 0 Å².